The van der Waals surface area contributed by atoms with Crippen molar-refractivity contribution in [1.82, 2.24) is 5.43 Å². The van der Waals surface area contributed by atoms with Gasteiger partial charge < -0.3 is 0 Å². The van der Waals surface area contributed by atoms with E-state index in [-0.39, 0.29) is 11.9 Å². The van der Waals surface area contributed by atoms with E-state index in [4.69, 9.17) is 5.84 Å². The van der Waals surface area contributed by atoms with Crippen LogP contribution in [-0.4, -0.2) is 0 Å². The summed E-state index contributed by atoms with van der Waals surface area (Å²) < 4.78 is 14.1. The van der Waals surface area contributed by atoms with Crippen LogP contribution in [0.2, 0.25) is 0 Å². The first-order valence-electron chi connectivity index (χ1n) is 5.65. The highest BCUT2D eigenvalue weighted by atomic mass is 79.9. The molecule has 0 bridgehead atoms. The van der Waals surface area contributed by atoms with E-state index in [9.17, 15) is 4.39 Å². The minimum Gasteiger partial charge on any atom is -0.271 e. The van der Waals surface area contributed by atoms with Crippen LogP contribution in [0, 0.1) is 5.82 Å². The molecule has 0 aliphatic heterocycles. The van der Waals surface area contributed by atoms with Crippen molar-refractivity contribution in [3.05, 3.63) is 69.9 Å². The zero-order valence-corrected chi connectivity index (χ0v) is 11.3. The first-order valence-corrected chi connectivity index (χ1v) is 6.44. The molecule has 1 atom stereocenters. The first kappa shape index (κ1) is 13.2. The third-order valence-corrected chi connectivity index (χ3v) is 3.33. The molecular weight excluding hydrogens is 295 g/mol. The molecule has 0 aliphatic rings. The van der Waals surface area contributed by atoms with Gasteiger partial charge >= 0.3 is 0 Å². The van der Waals surface area contributed by atoms with Gasteiger partial charge in [-0.25, -0.2) is 4.39 Å². The van der Waals surface area contributed by atoms with Crippen molar-refractivity contribution in [1.29, 1.82) is 0 Å². The second-order valence-corrected chi connectivity index (χ2v) is 5.02. The van der Waals surface area contributed by atoms with Gasteiger partial charge in [0.15, 0.2) is 0 Å². The Hall–Kier alpha value is -1.23. The number of nitrogens with one attached hydrogen (secondary N) is 1. The molecule has 0 spiro atoms. The summed E-state index contributed by atoms with van der Waals surface area (Å²) in [6.45, 7) is 0. The van der Waals surface area contributed by atoms with Gasteiger partial charge in [0.1, 0.15) is 5.82 Å². The molecule has 0 saturated heterocycles. The third-order valence-electron chi connectivity index (χ3n) is 2.80. The molecule has 94 valence electrons. The van der Waals surface area contributed by atoms with Gasteiger partial charge in [-0.3, -0.25) is 11.3 Å². The van der Waals surface area contributed by atoms with Gasteiger partial charge in [-0.1, -0.05) is 40.2 Å². The first-order chi connectivity index (χ1) is 8.69. The van der Waals surface area contributed by atoms with Crippen LogP contribution in [0.3, 0.4) is 0 Å². The van der Waals surface area contributed by atoms with Gasteiger partial charge in [-0.15, -0.1) is 0 Å². The summed E-state index contributed by atoms with van der Waals surface area (Å²) in [5, 5.41) is 0. The smallest absolute Gasteiger partial charge is 0.123 e. The zero-order chi connectivity index (χ0) is 13.0. The Bertz CT molecular complexity index is 513. The Morgan fingerprint density at radius 2 is 1.89 bits per heavy atom. The van der Waals surface area contributed by atoms with Crippen molar-refractivity contribution < 1.29 is 4.39 Å². The van der Waals surface area contributed by atoms with Crippen LogP contribution in [-0.2, 0) is 6.42 Å². The Labute approximate surface area is 114 Å². The van der Waals surface area contributed by atoms with Crippen LogP contribution in [0.5, 0.6) is 0 Å². The second-order valence-electron chi connectivity index (χ2n) is 4.10. The maximum absolute atomic E-state index is 13.1. The fourth-order valence-corrected chi connectivity index (χ4v) is 2.13. The van der Waals surface area contributed by atoms with Crippen molar-refractivity contribution in [2.45, 2.75) is 12.5 Å². The Morgan fingerprint density at radius 1 is 1.17 bits per heavy atom. The van der Waals surface area contributed by atoms with Gasteiger partial charge in [-0.2, -0.15) is 0 Å². The van der Waals surface area contributed by atoms with E-state index in [0.717, 1.165) is 15.6 Å². The molecule has 2 aromatic carbocycles. The maximum Gasteiger partial charge on any atom is 0.123 e. The Morgan fingerprint density at radius 3 is 2.50 bits per heavy atom. The summed E-state index contributed by atoms with van der Waals surface area (Å²) in [4.78, 5) is 0. The second kappa shape index (κ2) is 6.09. The standard InChI is InChI=1S/C14H14BrFN2/c15-12-6-4-11(5-7-12)14(18-17)9-10-2-1-3-13(16)8-10/h1-8,14,18H,9,17H2. The molecule has 1 unspecified atom stereocenters. The quantitative estimate of drug-likeness (QED) is 0.671. The fourth-order valence-electron chi connectivity index (χ4n) is 1.87. The van der Waals surface area contributed by atoms with E-state index < -0.39 is 0 Å². The summed E-state index contributed by atoms with van der Waals surface area (Å²) >= 11 is 3.39. The molecule has 0 heterocycles. The maximum atomic E-state index is 13.1. The van der Waals surface area contributed by atoms with Gasteiger partial charge in [0.05, 0.1) is 0 Å². The van der Waals surface area contributed by atoms with E-state index in [0.29, 0.717) is 6.42 Å². The molecule has 18 heavy (non-hydrogen) atoms. The van der Waals surface area contributed by atoms with Crippen molar-refractivity contribution in [3.63, 3.8) is 0 Å². The highest BCUT2D eigenvalue weighted by Crippen LogP contribution is 2.20. The fraction of sp³-hybridized carbons (Fsp3) is 0.143. The molecule has 0 aliphatic carbocycles. The largest absolute Gasteiger partial charge is 0.271 e. The number of nitrogens with two attached hydrogens (primary N) is 1. The molecule has 4 heteroatoms. The monoisotopic (exact) mass is 308 g/mol. The van der Waals surface area contributed by atoms with Crippen LogP contribution >= 0.6 is 15.9 Å². The topological polar surface area (TPSA) is 38.0 Å². The van der Waals surface area contributed by atoms with Crippen LogP contribution in [0.25, 0.3) is 0 Å². The van der Waals surface area contributed by atoms with Crippen LogP contribution in [0.4, 0.5) is 4.39 Å². The molecule has 2 nitrogen and oxygen atoms in total. The highest BCUT2D eigenvalue weighted by Gasteiger charge is 2.10. The minimum atomic E-state index is -0.223. The molecule has 2 aromatic rings. The van der Waals surface area contributed by atoms with E-state index in [2.05, 4.69) is 21.4 Å². The van der Waals surface area contributed by atoms with Crippen molar-refractivity contribution in [2.75, 3.05) is 0 Å². The van der Waals surface area contributed by atoms with Crippen LogP contribution in [0.15, 0.2) is 53.0 Å². The number of hydrogen-bond acceptors (Lipinski definition) is 2. The normalized spacial score (nSPS) is 12.4. The molecule has 0 amide bonds. The lowest BCUT2D eigenvalue weighted by atomic mass is 9.99. The molecular formula is C14H14BrFN2. The van der Waals surface area contributed by atoms with E-state index in [1.807, 2.05) is 30.3 Å². The predicted molar refractivity (Wildman–Crippen MR) is 74.3 cm³/mol. The number of rotatable bonds is 4. The Balaban J connectivity index is 2.17. The zero-order valence-electron chi connectivity index (χ0n) is 9.74. The average molecular weight is 309 g/mol. The van der Waals surface area contributed by atoms with Gasteiger partial charge in [0, 0.05) is 10.5 Å². The summed E-state index contributed by atoms with van der Waals surface area (Å²) in [5.41, 5.74) is 4.76. The van der Waals surface area contributed by atoms with Gasteiger partial charge in [0.2, 0.25) is 0 Å². The number of halogens is 2. The lowest BCUT2D eigenvalue weighted by Crippen LogP contribution is -2.29. The molecule has 0 saturated carbocycles. The Kier molecular flexibility index (Phi) is 4.47. The summed E-state index contributed by atoms with van der Waals surface area (Å²) in [5.74, 6) is 5.35. The predicted octanol–water partition coefficient (Wildman–Crippen LogP) is 3.34. The molecule has 0 fully saturated rings. The lowest BCUT2D eigenvalue weighted by Gasteiger charge is -2.16. The lowest BCUT2D eigenvalue weighted by molar-refractivity contribution is 0.548. The molecule has 0 radical (unpaired) electrons. The van der Waals surface area contributed by atoms with Crippen LogP contribution in [0.1, 0.15) is 17.2 Å². The SMILES string of the molecule is NNC(Cc1cccc(F)c1)c1ccc(Br)cc1. The molecule has 2 rings (SSSR count). The van der Waals surface area contributed by atoms with E-state index in [1.54, 1.807) is 6.07 Å². The summed E-state index contributed by atoms with van der Waals surface area (Å²) in [6, 6.07) is 14.5. The number of benzene rings is 2. The molecule has 3 N–H and O–H groups in total. The van der Waals surface area contributed by atoms with Crippen molar-refractivity contribution >= 4 is 15.9 Å². The number of hydrogen-bond donors (Lipinski definition) is 2. The van der Waals surface area contributed by atoms with Crippen molar-refractivity contribution in [2.24, 2.45) is 5.84 Å². The van der Waals surface area contributed by atoms with Crippen molar-refractivity contribution in [3.8, 4) is 0 Å². The van der Waals surface area contributed by atoms with Crippen LogP contribution < -0.4 is 11.3 Å². The van der Waals surface area contributed by atoms with E-state index >= 15 is 0 Å². The van der Waals surface area contributed by atoms with E-state index in [1.165, 1.54) is 12.1 Å². The number of hydrazine groups is 1. The summed E-state index contributed by atoms with van der Waals surface area (Å²) in [7, 11) is 0. The minimum absolute atomic E-state index is 0.0279. The molecule has 0 aromatic heterocycles. The van der Waals surface area contributed by atoms with Gasteiger partial charge in [0.25, 0.3) is 0 Å². The highest BCUT2D eigenvalue weighted by molar-refractivity contribution is 9.10. The van der Waals surface area contributed by atoms with Gasteiger partial charge in [-0.05, 0) is 41.8 Å². The average Bonchev–Trinajstić information content (AvgIpc) is 2.37. The third kappa shape index (κ3) is 3.38. The summed E-state index contributed by atoms with van der Waals surface area (Å²) in [6.07, 6.45) is 0.649.